The van der Waals surface area contributed by atoms with Crippen molar-refractivity contribution in [3.63, 3.8) is 0 Å². The van der Waals surface area contributed by atoms with Crippen molar-refractivity contribution in [1.29, 1.82) is 0 Å². The molecule has 2 bridgehead atoms. The summed E-state index contributed by atoms with van der Waals surface area (Å²) in [4.78, 5) is 35.3. The number of esters is 3. The van der Waals surface area contributed by atoms with E-state index in [1.807, 2.05) is 6.92 Å². The van der Waals surface area contributed by atoms with Crippen LogP contribution in [0.15, 0.2) is 0 Å². The molecule has 0 aromatic carbocycles. The zero-order chi connectivity index (χ0) is 16.7. The largest absolute Gasteiger partial charge is 0.459 e. The third-order valence-corrected chi connectivity index (χ3v) is 5.13. The van der Waals surface area contributed by atoms with Crippen LogP contribution in [0.25, 0.3) is 0 Å². The van der Waals surface area contributed by atoms with E-state index in [0.717, 1.165) is 25.7 Å². The predicted octanol–water partition coefficient (Wildman–Crippen LogP) is 1.33. The van der Waals surface area contributed by atoms with Crippen molar-refractivity contribution in [3.8, 4) is 0 Å². The molecule has 1 aliphatic carbocycles. The molecule has 2 heterocycles. The fourth-order valence-corrected chi connectivity index (χ4v) is 3.74. The minimum Gasteiger partial charge on any atom is -0.459 e. The Hall–Kier alpha value is -1.63. The minimum atomic E-state index is -1.55. The summed E-state index contributed by atoms with van der Waals surface area (Å²) in [7, 11) is 0. The molecule has 0 N–H and O–H groups in total. The Balaban J connectivity index is 1.87. The molecule has 3 rings (SSSR count). The van der Waals surface area contributed by atoms with E-state index in [1.54, 1.807) is 0 Å². The molecule has 0 amide bonds. The average molecular weight is 326 g/mol. The smallest absolute Gasteiger partial charge is 0.314 e. The second-order valence-corrected chi connectivity index (χ2v) is 6.79. The highest BCUT2D eigenvalue weighted by Crippen LogP contribution is 2.54. The van der Waals surface area contributed by atoms with Crippen molar-refractivity contribution in [2.45, 2.75) is 57.3 Å². The topological polar surface area (TPSA) is 88.1 Å². The molecule has 1 saturated carbocycles. The van der Waals surface area contributed by atoms with Crippen molar-refractivity contribution in [3.05, 3.63) is 0 Å². The predicted molar refractivity (Wildman–Crippen MR) is 76.0 cm³/mol. The second-order valence-electron chi connectivity index (χ2n) is 6.79. The van der Waals surface area contributed by atoms with Crippen molar-refractivity contribution < 1.29 is 33.3 Å². The monoisotopic (exact) mass is 326 g/mol. The summed E-state index contributed by atoms with van der Waals surface area (Å²) in [6.45, 7) is 2.61. The van der Waals surface area contributed by atoms with Crippen LogP contribution in [-0.2, 0) is 33.3 Å². The average Bonchev–Trinajstić information content (AvgIpc) is 2.48. The number of rotatable bonds is 2. The summed E-state index contributed by atoms with van der Waals surface area (Å²) in [6.07, 6.45) is 3.58. The molecule has 2 saturated heterocycles. The van der Waals surface area contributed by atoms with Crippen LogP contribution in [0.1, 0.15) is 46.0 Å². The van der Waals surface area contributed by atoms with Gasteiger partial charge in [-0.15, -0.1) is 0 Å². The van der Waals surface area contributed by atoms with Crippen molar-refractivity contribution in [1.82, 2.24) is 0 Å². The van der Waals surface area contributed by atoms with Gasteiger partial charge in [0.25, 0.3) is 5.79 Å². The quantitative estimate of drug-likeness (QED) is 0.559. The maximum atomic E-state index is 12.3. The van der Waals surface area contributed by atoms with E-state index in [1.165, 1.54) is 6.92 Å². The van der Waals surface area contributed by atoms with E-state index in [4.69, 9.17) is 18.9 Å². The third kappa shape index (κ3) is 2.94. The lowest BCUT2D eigenvalue weighted by atomic mass is 9.59. The summed E-state index contributed by atoms with van der Waals surface area (Å²) in [5, 5.41) is 0. The zero-order valence-electron chi connectivity index (χ0n) is 13.5. The summed E-state index contributed by atoms with van der Waals surface area (Å²) >= 11 is 0. The summed E-state index contributed by atoms with van der Waals surface area (Å²) in [5.74, 6) is -2.89. The van der Waals surface area contributed by atoms with Gasteiger partial charge in [0.05, 0.1) is 11.5 Å². The van der Waals surface area contributed by atoms with E-state index in [0.29, 0.717) is 6.42 Å². The van der Waals surface area contributed by atoms with Gasteiger partial charge in [0, 0.05) is 13.3 Å². The van der Waals surface area contributed by atoms with Crippen LogP contribution in [0.5, 0.6) is 0 Å². The lowest BCUT2D eigenvalue weighted by Crippen LogP contribution is -2.69. The van der Waals surface area contributed by atoms with Gasteiger partial charge in [0.2, 0.25) is 0 Å². The fraction of sp³-hybridized carbons (Fsp3) is 0.812. The first-order valence-electron chi connectivity index (χ1n) is 8.07. The maximum Gasteiger partial charge on any atom is 0.314 e. The van der Waals surface area contributed by atoms with E-state index in [-0.39, 0.29) is 37.0 Å². The van der Waals surface area contributed by atoms with Gasteiger partial charge in [-0.1, -0.05) is 6.42 Å². The van der Waals surface area contributed by atoms with E-state index >= 15 is 0 Å². The van der Waals surface area contributed by atoms with Crippen LogP contribution in [0.3, 0.4) is 0 Å². The van der Waals surface area contributed by atoms with Crippen molar-refractivity contribution in [2.24, 2.45) is 11.8 Å². The summed E-state index contributed by atoms with van der Waals surface area (Å²) in [5.41, 5.74) is -0.660. The van der Waals surface area contributed by atoms with Crippen LogP contribution >= 0.6 is 0 Å². The van der Waals surface area contributed by atoms with Crippen LogP contribution in [0.4, 0.5) is 0 Å². The molecule has 0 spiro atoms. The molecule has 0 aromatic heterocycles. The van der Waals surface area contributed by atoms with Gasteiger partial charge in [-0.05, 0) is 32.1 Å². The van der Waals surface area contributed by atoms with Gasteiger partial charge in [-0.2, -0.15) is 0 Å². The lowest BCUT2D eigenvalue weighted by molar-refractivity contribution is -0.370. The minimum absolute atomic E-state index is 0.227. The molecule has 7 heteroatoms. The Kier molecular flexibility index (Phi) is 4.08. The first-order chi connectivity index (χ1) is 10.8. The van der Waals surface area contributed by atoms with Crippen molar-refractivity contribution in [2.75, 3.05) is 13.2 Å². The molecule has 2 aliphatic heterocycles. The number of carbonyl (C=O) groups excluding carboxylic acids is 3. The maximum absolute atomic E-state index is 12.3. The Morgan fingerprint density at radius 3 is 2.87 bits per heavy atom. The molecule has 0 unspecified atom stereocenters. The van der Waals surface area contributed by atoms with E-state index in [2.05, 4.69) is 0 Å². The summed E-state index contributed by atoms with van der Waals surface area (Å²) in [6, 6.07) is 0. The van der Waals surface area contributed by atoms with E-state index in [9.17, 15) is 14.4 Å². The van der Waals surface area contributed by atoms with Gasteiger partial charge in [-0.3, -0.25) is 14.4 Å². The van der Waals surface area contributed by atoms with Gasteiger partial charge < -0.3 is 18.9 Å². The number of fused-ring (bicyclic) bond motifs is 1. The lowest BCUT2D eigenvalue weighted by Gasteiger charge is -2.58. The van der Waals surface area contributed by atoms with Crippen molar-refractivity contribution >= 4 is 17.9 Å². The molecule has 0 aromatic rings. The standard InChI is InChI=1S/C16H22O7/c1-10(17)20-8-16-9-21-13(18)6-4-3-5-11-7-12(14(19)22-16)15(11,2)23-16/h11-12H,3-9H2,1-2H3/t11-,12-,15-,16+/m0/s1. The highest BCUT2D eigenvalue weighted by molar-refractivity contribution is 5.77. The molecule has 7 nitrogen and oxygen atoms in total. The van der Waals surface area contributed by atoms with Crippen LogP contribution in [-0.4, -0.2) is 42.5 Å². The first-order valence-corrected chi connectivity index (χ1v) is 8.07. The highest BCUT2D eigenvalue weighted by atomic mass is 16.8. The number of carbonyl (C=O) groups is 3. The number of cyclic esters (lactones) is 1. The van der Waals surface area contributed by atoms with Gasteiger partial charge in [0.15, 0.2) is 13.2 Å². The molecular formula is C16H22O7. The van der Waals surface area contributed by atoms with Crippen LogP contribution in [0, 0.1) is 11.8 Å². The fourth-order valence-electron chi connectivity index (χ4n) is 3.74. The Morgan fingerprint density at radius 2 is 2.13 bits per heavy atom. The third-order valence-electron chi connectivity index (χ3n) is 5.13. The molecule has 4 atom stereocenters. The van der Waals surface area contributed by atoms with Gasteiger partial charge in [0.1, 0.15) is 0 Å². The van der Waals surface area contributed by atoms with Crippen LogP contribution < -0.4 is 0 Å². The molecule has 0 radical (unpaired) electrons. The Morgan fingerprint density at radius 1 is 1.35 bits per heavy atom. The number of hydrogen-bond acceptors (Lipinski definition) is 7. The normalized spacial score (nSPS) is 40.1. The van der Waals surface area contributed by atoms with Gasteiger partial charge in [-0.25, -0.2) is 0 Å². The second kappa shape index (κ2) is 5.78. The van der Waals surface area contributed by atoms with E-state index < -0.39 is 17.4 Å². The first kappa shape index (κ1) is 16.2. The highest BCUT2D eigenvalue weighted by Gasteiger charge is 2.65. The summed E-state index contributed by atoms with van der Waals surface area (Å²) < 4.78 is 21.8. The molecule has 3 aliphatic rings. The molecule has 128 valence electrons. The molecule has 23 heavy (non-hydrogen) atoms. The SMILES string of the molecule is CC(=O)OC[C@@]12COC(=O)CCCC[C@H]3C[C@@H](C(=O)O1)[C@@]3(C)O2. The van der Waals surface area contributed by atoms with Gasteiger partial charge >= 0.3 is 17.9 Å². The molecule has 3 fully saturated rings. The zero-order valence-corrected chi connectivity index (χ0v) is 13.5. The Bertz CT molecular complexity index is 531. The van der Waals surface area contributed by atoms with Crippen LogP contribution in [0.2, 0.25) is 0 Å². The number of hydrogen-bond donors (Lipinski definition) is 0. The molecular weight excluding hydrogens is 304 g/mol. The Labute approximate surface area is 134 Å². The number of ether oxygens (including phenoxy) is 4.